The number of hydrogen-bond donors (Lipinski definition) is 1. The van der Waals surface area contributed by atoms with E-state index in [1.807, 2.05) is 30.3 Å². The van der Waals surface area contributed by atoms with Crippen molar-refractivity contribution in [2.45, 2.75) is 12.3 Å². The molecule has 1 aliphatic rings. The molecule has 1 N–H and O–H groups in total. The van der Waals surface area contributed by atoms with Crippen LogP contribution < -0.4 is 5.32 Å². The second kappa shape index (κ2) is 5.52. The molecular formula is C16H13FINO. The topological polar surface area (TPSA) is 29.1 Å². The summed E-state index contributed by atoms with van der Waals surface area (Å²) in [6.45, 7) is 0. The molecule has 1 aliphatic carbocycles. The second-order valence-corrected chi connectivity index (χ2v) is 6.22. The Labute approximate surface area is 130 Å². The van der Waals surface area contributed by atoms with Crippen LogP contribution in [-0.2, 0) is 4.79 Å². The number of nitrogens with one attached hydrogen (secondary N) is 1. The van der Waals surface area contributed by atoms with Crippen molar-refractivity contribution >= 4 is 34.2 Å². The minimum absolute atomic E-state index is 0.0129. The first-order valence-corrected chi connectivity index (χ1v) is 7.54. The molecule has 1 fully saturated rings. The van der Waals surface area contributed by atoms with E-state index in [0.717, 1.165) is 15.7 Å². The van der Waals surface area contributed by atoms with Crippen molar-refractivity contribution in [2.75, 3.05) is 5.32 Å². The summed E-state index contributed by atoms with van der Waals surface area (Å²) in [7, 11) is 0. The number of carbonyl (C=O) groups is 1. The van der Waals surface area contributed by atoms with Crippen LogP contribution in [0.1, 0.15) is 17.9 Å². The van der Waals surface area contributed by atoms with Gasteiger partial charge in [0.2, 0.25) is 5.91 Å². The van der Waals surface area contributed by atoms with E-state index in [1.54, 1.807) is 12.1 Å². The predicted octanol–water partition coefficient (Wildman–Crippen LogP) is 4.17. The summed E-state index contributed by atoms with van der Waals surface area (Å²) < 4.78 is 14.7. The summed E-state index contributed by atoms with van der Waals surface area (Å²) in [6.07, 6.45) is 0.719. The van der Waals surface area contributed by atoms with Gasteiger partial charge in [-0.05, 0) is 64.8 Å². The van der Waals surface area contributed by atoms with Crippen molar-refractivity contribution in [3.8, 4) is 0 Å². The van der Waals surface area contributed by atoms with E-state index in [2.05, 4.69) is 27.9 Å². The Morgan fingerprint density at radius 1 is 1.20 bits per heavy atom. The third kappa shape index (κ3) is 2.85. The van der Waals surface area contributed by atoms with E-state index in [0.29, 0.717) is 5.56 Å². The van der Waals surface area contributed by atoms with Crippen molar-refractivity contribution in [1.82, 2.24) is 0 Å². The maximum atomic E-state index is 13.7. The van der Waals surface area contributed by atoms with E-state index in [-0.39, 0.29) is 23.6 Å². The van der Waals surface area contributed by atoms with Crippen molar-refractivity contribution in [3.05, 3.63) is 63.5 Å². The Morgan fingerprint density at radius 3 is 2.75 bits per heavy atom. The number of amides is 1. The Kier molecular flexibility index (Phi) is 3.74. The molecule has 2 nitrogen and oxygen atoms in total. The first kappa shape index (κ1) is 13.5. The lowest BCUT2D eigenvalue weighted by Crippen LogP contribution is -2.14. The molecule has 0 bridgehead atoms. The quantitative estimate of drug-likeness (QED) is 0.795. The number of rotatable bonds is 3. The number of hydrogen-bond acceptors (Lipinski definition) is 1. The molecule has 2 aromatic rings. The third-order valence-electron chi connectivity index (χ3n) is 3.52. The summed E-state index contributed by atoms with van der Waals surface area (Å²) in [5.74, 6) is -0.355. The number of carbonyl (C=O) groups excluding carboxylic acids is 1. The third-order valence-corrected chi connectivity index (χ3v) is 4.20. The highest BCUT2D eigenvalue weighted by molar-refractivity contribution is 14.1. The first-order chi connectivity index (χ1) is 9.65. The highest BCUT2D eigenvalue weighted by Crippen LogP contribution is 2.48. The van der Waals surface area contributed by atoms with Crippen LogP contribution in [-0.4, -0.2) is 5.91 Å². The van der Waals surface area contributed by atoms with Gasteiger partial charge in [-0.15, -0.1) is 0 Å². The average molecular weight is 381 g/mol. The van der Waals surface area contributed by atoms with Crippen LogP contribution in [0.5, 0.6) is 0 Å². The van der Waals surface area contributed by atoms with E-state index in [4.69, 9.17) is 0 Å². The van der Waals surface area contributed by atoms with Crippen LogP contribution in [0.2, 0.25) is 0 Å². The molecule has 0 radical (unpaired) electrons. The molecule has 4 heteroatoms. The Bertz CT molecular complexity index is 658. The Balaban J connectivity index is 1.68. The lowest BCUT2D eigenvalue weighted by molar-refractivity contribution is -0.117. The van der Waals surface area contributed by atoms with Crippen LogP contribution >= 0.6 is 22.6 Å². The summed E-state index contributed by atoms with van der Waals surface area (Å²) in [5, 5.41) is 2.90. The maximum Gasteiger partial charge on any atom is 0.228 e. The van der Waals surface area contributed by atoms with Crippen LogP contribution in [0.3, 0.4) is 0 Å². The second-order valence-electron chi connectivity index (χ2n) is 4.97. The summed E-state index contributed by atoms with van der Waals surface area (Å²) in [5.41, 5.74) is 1.44. The van der Waals surface area contributed by atoms with Crippen LogP contribution in [0.25, 0.3) is 0 Å². The van der Waals surface area contributed by atoms with Gasteiger partial charge in [0, 0.05) is 15.2 Å². The number of anilines is 1. The lowest BCUT2D eigenvalue weighted by atomic mass is 10.1. The Hall–Kier alpha value is -1.43. The fourth-order valence-corrected chi connectivity index (χ4v) is 2.95. The van der Waals surface area contributed by atoms with Gasteiger partial charge in [-0.3, -0.25) is 4.79 Å². The van der Waals surface area contributed by atoms with Crippen LogP contribution in [0, 0.1) is 15.3 Å². The molecule has 2 aromatic carbocycles. The zero-order valence-electron chi connectivity index (χ0n) is 10.6. The van der Waals surface area contributed by atoms with Gasteiger partial charge in [0.05, 0.1) is 0 Å². The maximum absolute atomic E-state index is 13.7. The smallest absolute Gasteiger partial charge is 0.228 e. The minimum atomic E-state index is -0.220. The summed E-state index contributed by atoms with van der Waals surface area (Å²) in [6, 6.07) is 14.3. The van der Waals surface area contributed by atoms with Gasteiger partial charge < -0.3 is 5.32 Å². The summed E-state index contributed by atoms with van der Waals surface area (Å²) in [4.78, 5) is 12.1. The van der Waals surface area contributed by atoms with Gasteiger partial charge in [0.15, 0.2) is 0 Å². The van der Waals surface area contributed by atoms with E-state index in [1.165, 1.54) is 6.07 Å². The Morgan fingerprint density at radius 2 is 2.00 bits per heavy atom. The molecule has 0 heterocycles. The molecule has 1 amide bonds. The van der Waals surface area contributed by atoms with Gasteiger partial charge in [-0.25, -0.2) is 4.39 Å². The SMILES string of the molecule is O=C(Nc1cccc(I)c1)C1CC1c1ccccc1F. The first-order valence-electron chi connectivity index (χ1n) is 6.46. The minimum Gasteiger partial charge on any atom is -0.326 e. The molecule has 3 rings (SSSR count). The fourth-order valence-electron chi connectivity index (χ4n) is 2.41. The molecule has 1 saturated carbocycles. The van der Waals surface area contributed by atoms with Crippen molar-refractivity contribution < 1.29 is 9.18 Å². The predicted molar refractivity (Wildman–Crippen MR) is 85.0 cm³/mol. The average Bonchev–Trinajstić information content (AvgIpc) is 3.19. The molecule has 0 saturated heterocycles. The lowest BCUT2D eigenvalue weighted by Gasteiger charge is -2.06. The highest BCUT2D eigenvalue weighted by atomic mass is 127. The zero-order chi connectivity index (χ0) is 14.1. The molecule has 0 spiro atoms. The normalized spacial score (nSPS) is 20.5. The molecule has 2 unspecified atom stereocenters. The van der Waals surface area contributed by atoms with Crippen molar-refractivity contribution in [2.24, 2.45) is 5.92 Å². The van der Waals surface area contributed by atoms with E-state index < -0.39 is 0 Å². The van der Waals surface area contributed by atoms with Crippen molar-refractivity contribution in [3.63, 3.8) is 0 Å². The molecule has 102 valence electrons. The van der Waals surface area contributed by atoms with E-state index >= 15 is 0 Å². The summed E-state index contributed by atoms with van der Waals surface area (Å²) >= 11 is 2.20. The number of benzene rings is 2. The van der Waals surface area contributed by atoms with Gasteiger partial charge >= 0.3 is 0 Å². The molecule has 0 aliphatic heterocycles. The monoisotopic (exact) mass is 381 g/mol. The molecule has 20 heavy (non-hydrogen) atoms. The van der Waals surface area contributed by atoms with Gasteiger partial charge in [-0.1, -0.05) is 24.3 Å². The van der Waals surface area contributed by atoms with Gasteiger partial charge in [0.25, 0.3) is 0 Å². The molecular weight excluding hydrogens is 368 g/mol. The highest BCUT2D eigenvalue weighted by Gasteiger charge is 2.45. The standard InChI is InChI=1S/C16H13FINO/c17-15-7-2-1-6-12(15)13-9-14(13)16(20)19-11-5-3-4-10(18)8-11/h1-8,13-14H,9H2,(H,19,20). The fraction of sp³-hybridized carbons (Fsp3) is 0.188. The van der Waals surface area contributed by atoms with Crippen LogP contribution in [0.4, 0.5) is 10.1 Å². The molecule has 2 atom stereocenters. The van der Waals surface area contributed by atoms with Gasteiger partial charge in [-0.2, -0.15) is 0 Å². The zero-order valence-corrected chi connectivity index (χ0v) is 12.8. The molecule has 0 aromatic heterocycles. The number of halogens is 2. The van der Waals surface area contributed by atoms with Crippen LogP contribution in [0.15, 0.2) is 48.5 Å². The van der Waals surface area contributed by atoms with Gasteiger partial charge in [0.1, 0.15) is 5.82 Å². The van der Waals surface area contributed by atoms with Crippen molar-refractivity contribution in [1.29, 1.82) is 0 Å². The largest absolute Gasteiger partial charge is 0.326 e. The van der Waals surface area contributed by atoms with E-state index in [9.17, 15) is 9.18 Å².